The number of hydrogen-bond acceptors (Lipinski definition) is 3. The third kappa shape index (κ3) is 6.80. The Balaban J connectivity index is 2.39. The Kier molecular flexibility index (Phi) is 8.82. The van der Waals surface area contributed by atoms with Gasteiger partial charge in [0.05, 0.1) is 0 Å². The molecule has 0 saturated carbocycles. The van der Waals surface area contributed by atoms with Crippen LogP contribution in [-0.2, 0) is 4.79 Å². The Morgan fingerprint density at radius 2 is 2.05 bits per heavy atom. The van der Waals surface area contributed by atoms with Crippen molar-refractivity contribution in [1.29, 1.82) is 0 Å². The molecule has 6 heteroatoms. The van der Waals surface area contributed by atoms with Crippen LogP contribution in [0.25, 0.3) is 0 Å². The molecule has 1 atom stereocenters. The topological polar surface area (TPSA) is 68.8 Å². The second-order valence-corrected chi connectivity index (χ2v) is 5.35. The van der Waals surface area contributed by atoms with Crippen molar-refractivity contribution >= 4 is 11.9 Å². The Hall–Kier alpha value is -1.30. The summed E-state index contributed by atoms with van der Waals surface area (Å²) in [5.41, 5.74) is 0. The number of carbonyl (C=O) groups is 1. The molecular weight excluding hydrogens is 266 g/mol. The molecule has 1 rings (SSSR count). The van der Waals surface area contributed by atoms with Crippen molar-refractivity contribution in [2.75, 3.05) is 39.3 Å². The SMILES string of the molecule is CCCNC(=O)CN=C(NCC)NCC1CCCN1CC. The van der Waals surface area contributed by atoms with Crippen LogP contribution in [0.2, 0.25) is 0 Å². The second kappa shape index (κ2) is 10.4. The van der Waals surface area contributed by atoms with Gasteiger partial charge in [0.2, 0.25) is 5.91 Å². The minimum Gasteiger partial charge on any atom is -0.357 e. The maximum Gasteiger partial charge on any atom is 0.241 e. The molecule has 1 aliphatic heterocycles. The van der Waals surface area contributed by atoms with E-state index in [9.17, 15) is 4.79 Å². The van der Waals surface area contributed by atoms with Crippen LogP contribution in [0.5, 0.6) is 0 Å². The van der Waals surface area contributed by atoms with Crippen LogP contribution >= 0.6 is 0 Å². The fraction of sp³-hybridized carbons (Fsp3) is 0.867. The highest BCUT2D eigenvalue weighted by molar-refractivity contribution is 5.84. The van der Waals surface area contributed by atoms with Gasteiger partial charge in [-0.15, -0.1) is 0 Å². The van der Waals surface area contributed by atoms with E-state index in [1.165, 1.54) is 19.4 Å². The molecule has 1 aliphatic rings. The standard InChI is InChI=1S/C15H31N5O/c1-4-9-17-14(21)12-19-15(16-5-2)18-11-13-8-7-10-20(13)6-3/h13H,4-12H2,1-3H3,(H,17,21)(H2,16,18,19). The van der Waals surface area contributed by atoms with Gasteiger partial charge in [-0.25, -0.2) is 4.99 Å². The van der Waals surface area contributed by atoms with E-state index in [2.05, 4.69) is 32.8 Å². The van der Waals surface area contributed by atoms with Gasteiger partial charge in [0.15, 0.2) is 5.96 Å². The van der Waals surface area contributed by atoms with Crippen LogP contribution in [0, 0.1) is 0 Å². The summed E-state index contributed by atoms with van der Waals surface area (Å²) in [5, 5.41) is 9.38. The largest absolute Gasteiger partial charge is 0.357 e. The highest BCUT2D eigenvalue weighted by Gasteiger charge is 2.22. The zero-order valence-electron chi connectivity index (χ0n) is 13.7. The van der Waals surface area contributed by atoms with E-state index in [-0.39, 0.29) is 12.5 Å². The lowest BCUT2D eigenvalue weighted by Crippen LogP contribution is -2.45. The average molecular weight is 297 g/mol. The lowest BCUT2D eigenvalue weighted by molar-refractivity contribution is -0.119. The van der Waals surface area contributed by atoms with E-state index >= 15 is 0 Å². The van der Waals surface area contributed by atoms with E-state index in [1.54, 1.807) is 0 Å². The number of aliphatic imine (C=N–C) groups is 1. The second-order valence-electron chi connectivity index (χ2n) is 5.35. The van der Waals surface area contributed by atoms with Crippen molar-refractivity contribution in [2.24, 2.45) is 4.99 Å². The van der Waals surface area contributed by atoms with Crippen molar-refractivity contribution in [3.8, 4) is 0 Å². The number of rotatable bonds is 8. The maximum absolute atomic E-state index is 11.6. The average Bonchev–Trinajstić information content (AvgIpc) is 2.95. The molecule has 6 nitrogen and oxygen atoms in total. The first-order valence-corrected chi connectivity index (χ1v) is 8.24. The van der Waals surface area contributed by atoms with E-state index in [0.717, 1.165) is 32.0 Å². The summed E-state index contributed by atoms with van der Waals surface area (Å²) >= 11 is 0. The van der Waals surface area contributed by atoms with Gasteiger partial charge in [0.25, 0.3) is 0 Å². The quantitative estimate of drug-likeness (QED) is 0.452. The summed E-state index contributed by atoms with van der Waals surface area (Å²) in [5.74, 6) is 0.706. The number of likely N-dealkylation sites (tertiary alicyclic amines) is 1. The summed E-state index contributed by atoms with van der Waals surface area (Å²) in [6.07, 6.45) is 3.45. The van der Waals surface area contributed by atoms with Gasteiger partial charge in [0, 0.05) is 25.7 Å². The Labute approximate surface area is 128 Å². The van der Waals surface area contributed by atoms with Gasteiger partial charge < -0.3 is 16.0 Å². The Morgan fingerprint density at radius 3 is 2.71 bits per heavy atom. The molecule has 21 heavy (non-hydrogen) atoms. The Bertz CT molecular complexity index is 332. The molecule has 0 aromatic rings. The summed E-state index contributed by atoms with van der Waals surface area (Å²) < 4.78 is 0. The van der Waals surface area contributed by atoms with Crippen molar-refractivity contribution in [3.63, 3.8) is 0 Å². The Morgan fingerprint density at radius 1 is 1.24 bits per heavy atom. The van der Waals surface area contributed by atoms with Crippen LogP contribution in [0.4, 0.5) is 0 Å². The molecule has 1 heterocycles. The number of amides is 1. The number of nitrogens with zero attached hydrogens (tertiary/aromatic N) is 2. The first-order valence-electron chi connectivity index (χ1n) is 8.24. The minimum atomic E-state index is -0.0231. The first-order chi connectivity index (χ1) is 10.2. The number of likely N-dealkylation sites (N-methyl/N-ethyl adjacent to an activating group) is 1. The zero-order valence-corrected chi connectivity index (χ0v) is 13.7. The molecule has 0 bridgehead atoms. The van der Waals surface area contributed by atoms with Gasteiger partial charge >= 0.3 is 0 Å². The van der Waals surface area contributed by atoms with Crippen molar-refractivity contribution < 1.29 is 4.79 Å². The van der Waals surface area contributed by atoms with E-state index in [4.69, 9.17) is 0 Å². The van der Waals surface area contributed by atoms with Crippen LogP contribution in [-0.4, -0.2) is 62.1 Å². The van der Waals surface area contributed by atoms with E-state index in [0.29, 0.717) is 12.6 Å². The molecule has 0 spiro atoms. The fourth-order valence-electron chi connectivity index (χ4n) is 2.57. The summed E-state index contributed by atoms with van der Waals surface area (Å²) in [7, 11) is 0. The van der Waals surface area contributed by atoms with Gasteiger partial charge in [-0.2, -0.15) is 0 Å². The smallest absolute Gasteiger partial charge is 0.241 e. The van der Waals surface area contributed by atoms with Crippen molar-refractivity contribution in [1.82, 2.24) is 20.9 Å². The number of guanidine groups is 1. The summed E-state index contributed by atoms with van der Waals surface area (Å²) in [6, 6.07) is 0.577. The predicted molar refractivity (Wildman–Crippen MR) is 87.6 cm³/mol. The van der Waals surface area contributed by atoms with E-state index in [1.807, 2.05) is 13.8 Å². The minimum absolute atomic E-state index is 0.0231. The van der Waals surface area contributed by atoms with Crippen LogP contribution in [0.15, 0.2) is 4.99 Å². The molecule has 0 aromatic heterocycles. The highest BCUT2D eigenvalue weighted by Crippen LogP contribution is 2.15. The zero-order chi connectivity index (χ0) is 15.5. The predicted octanol–water partition coefficient (Wildman–Crippen LogP) is 0.552. The van der Waals surface area contributed by atoms with Crippen molar-refractivity contribution in [2.45, 2.75) is 46.1 Å². The van der Waals surface area contributed by atoms with Crippen molar-refractivity contribution in [3.05, 3.63) is 0 Å². The molecule has 1 fully saturated rings. The number of nitrogens with one attached hydrogen (secondary N) is 3. The maximum atomic E-state index is 11.6. The molecule has 3 N–H and O–H groups in total. The summed E-state index contributed by atoms with van der Waals surface area (Å²) in [4.78, 5) is 18.4. The van der Waals surface area contributed by atoms with Crippen LogP contribution in [0.1, 0.15) is 40.0 Å². The molecule has 122 valence electrons. The molecule has 0 aliphatic carbocycles. The first kappa shape index (κ1) is 17.8. The van der Waals surface area contributed by atoms with Gasteiger partial charge in [-0.1, -0.05) is 13.8 Å². The molecule has 1 amide bonds. The van der Waals surface area contributed by atoms with Crippen LogP contribution < -0.4 is 16.0 Å². The molecular formula is C15H31N5O. The molecule has 1 unspecified atom stereocenters. The number of hydrogen-bond donors (Lipinski definition) is 3. The van der Waals surface area contributed by atoms with Gasteiger partial charge in [0.1, 0.15) is 6.54 Å². The normalized spacial score (nSPS) is 19.6. The number of carbonyl (C=O) groups excluding carboxylic acids is 1. The van der Waals surface area contributed by atoms with E-state index < -0.39 is 0 Å². The monoisotopic (exact) mass is 297 g/mol. The third-order valence-electron chi connectivity index (χ3n) is 3.71. The van der Waals surface area contributed by atoms with Gasteiger partial charge in [-0.05, 0) is 39.3 Å². The summed E-state index contributed by atoms with van der Waals surface area (Å²) in [6.45, 7) is 11.1. The molecule has 0 radical (unpaired) electrons. The van der Waals surface area contributed by atoms with Gasteiger partial charge in [-0.3, -0.25) is 9.69 Å². The molecule has 0 aromatic carbocycles. The van der Waals surface area contributed by atoms with Crippen LogP contribution in [0.3, 0.4) is 0 Å². The lowest BCUT2D eigenvalue weighted by Gasteiger charge is -2.23. The lowest BCUT2D eigenvalue weighted by atomic mass is 10.2. The molecule has 1 saturated heterocycles. The highest BCUT2D eigenvalue weighted by atomic mass is 16.1. The third-order valence-corrected chi connectivity index (χ3v) is 3.71. The fourth-order valence-corrected chi connectivity index (χ4v) is 2.57.